The minimum absolute atomic E-state index is 0.317. The van der Waals surface area contributed by atoms with E-state index in [9.17, 15) is 9.90 Å². The predicted octanol–water partition coefficient (Wildman–Crippen LogP) is 2.24. The van der Waals surface area contributed by atoms with Crippen molar-refractivity contribution in [1.29, 1.82) is 0 Å². The lowest BCUT2D eigenvalue weighted by molar-refractivity contribution is 0.0320. The Bertz CT molecular complexity index is 294. The summed E-state index contributed by atoms with van der Waals surface area (Å²) in [5.41, 5.74) is 0.177. The van der Waals surface area contributed by atoms with Gasteiger partial charge in [0.2, 0.25) is 0 Å². The Morgan fingerprint density at radius 3 is 2.58 bits per heavy atom. The van der Waals surface area contributed by atoms with E-state index in [4.69, 9.17) is 9.47 Å². The highest BCUT2D eigenvalue weighted by Gasteiger charge is 2.28. The summed E-state index contributed by atoms with van der Waals surface area (Å²) in [5.74, 6) is 0. The molecule has 5 heteroatoms. The molecule has 0 radical (unpaired) electrons. The monoisotopic (exact) mass is 273 g/mol. The molecule has 0 aliphatic heterocycles. The molecule has 0 saturated heterocycles. The first-order valence-electron chi connectivity index (χ1n) is 6.61. The van der Waals surface area contributed by atoms with Gasteiger partial charge in [0.1, 0.15) is 0 Å². The van der Waals surface area contributed by atoms with E-state index in [1.807, 2.05) is 13.0 Å². The van der Waals surface area contributed by atoms with Gasteiger partial charge in [-0.2, -0.15) is 0 Å². The van der Waals surface area contributed by atoms with Crippen molar-refractivity contribution in [2.75, 3.05) is 20.3 Å². The van der Waals surface area contributed by atoms with E-state index >= 15 is 0 Å². The van der Waals surface area contributed by atoms with E-state index in [1.165, 1.54) is 5.57 Å². The van der Waals surface area contributed by atoms with Crippen molar-refractivity contribution >= 4 is 6.09 Å². The predicted molar refractivity (Wildman–Crippen MR) is 75.1 cm³/mol. The van der Waals surface area contributed by atoms with Crippen LogP contribution in [0.4, 0.5) is 4.79 Å². The summed E-state index contributed by atoms with van der Waals surface area (Å²) in [7, 11) is 1.64. The molecule has 0 heterocycles. The third-order valence-electron chi connectivity index (χ3n) is 2.85. The average molecular weight is 273 g/mol. The Balaban J connectivity index is 4.41. The molecule has 112 valence electrons. The highest BCUT2D eigenvalue weighted by molar-refractivity contribution is 5.67. The summed E-state index contributed by atoms with van der Waals surface area (Å²) in [4.78, 5) is 11.4. The van der Waals surface area contributed by atoms with E-state index in [0.29, 0.717) is 19.6 Å². The molecule has 0 aliphatic carbocycles. The molecule has 1 unspecified atom stereocenters. The number of methoxy groups -OCH3 is 1. The van der Waals surface area contributed by atoms with Gasteiger partial charge in [-0.3, -0.25) is 0 Å². The van der Waals surface area contributed by atoms with Gasteiger partial charge in [-0.05, 0) is 40.5 Å². The molecule has 1 amide bonds. The third kappa shape index (κ3) is 8.61. The van der Waals surface area contributed by atoms with E-state index in [-0.39, 0.29) is 6.04 Å². The van der Waals surface area contributed by atoms with Gasteiger partial charge in [0.05, 0.1) is 24.9 Å². The van der Waals surface area contributed by atoms with Crippen molar-refractivity contribution in [3.05, 3.63) is 11.6 Å². The van der Waals surface area contributed by atoms with Crippen LogP contribution in [0.2, 0.25) is 0 Å². The number of ether oxygens (including phenoxy) is 2. The van der Waals surface area contributed by atoms with Gasteiger partial charge < -0.3 is 19.9 Å². The van der Waals surface area contributed by atoms with Crippen LogP contribution in [-0.4, -0.2) is 43.2 Å². The van der Waals surface area contributed by atoms with Crippen LogP contribution < -0.4 is 5.32 Å². The highest BCUT2D eigenvalue weighted by atomic mass is 16.5. The molecule has 19 heavy (non-hydrogen) atoms. The van der Waals surface area contributed by atoms with E-state index in [0.717, 1.165) is 6.42 Å². The topological polar surface area (TPSA) is 67.8 Å². The summed E-state index contributed by atoms with van der Waals surface area (Å²) < 4.78 is 9.81. The molecule has 0 spiro atoms. The van der Waals surface area contributed by atoms with Crippen LogP contribution in [0.1, 0.15) is 40.5 Å². The zero-order valence-electron chi connectivity index (χ0n) is 12.7. The van der Waals surface area contributed by atoms with Crippen LogP contribution in [-0.2, 0) is 9.47 Å². The number of rotatable bonds is 8. The molecular weight excluding hydrogens is 246 g/mol. The summed E-state index contributed by atoms with van der Waals surface area (Å²) >= 11 is 0. The molecule has 2 N–H and O–H groups in total. The zero-order chi connectivity index (χ0) is 14.9. The maximum Gasteiger partial charge on any atom is 0.407 e. The van der Waals surface area contributed by atoms with Gasteiger partial charge in [0.25, 0.3) is 0 Å². The molecule has 0 saturated carbocycles. The number of allylic oxidation sites excluding steroid dienone is 1. The fraction of sp³-hybridized carbons (Fsp3) is 0.786. The lowest BCUT2D eigenvalue weighted by Crippen LogP contribution is -2.49. The maximum atomic E-state index is 11.4. The SMILES string of the molecule is CCOC(=O)NC(CC/C(C)=C\COC)C(C)(C)O. The maximum absolute atomic E-state index is 11.4. The smallest absolute Gasteiger partial charge is 0.407 e. The van der Waals surface area contributed by atoms with Crippen LogP contribution in [0, 0.1) is 0 Å². The number of aliphatic hydroxyl groups is 1. The molecule has 5 nitrogen and oxygen atoms in total. The number of amides is 1. The highest BCUT2D eigenvalue weighted by Crippen LogP contribution is 2.17. The van der Waals surface area contributed by atoms with Crippen molar-refractivity contribution in [3.8, 4) is 0 Å². The Morgan fingerprint density at radius 2 is 2.11 bits per heavy atom. The number of nitrogens with one attached hydrogen (secondary N) is 1. The summed E-state index contributed by atoms with van der Waals surface area (Å²) in [6, 6.07) is -0.350. The number of carbonyl (C=O) groups excluding carboxylic acids is 1. The van der Waals surface area contributed by atoms with Crippen molar-refractivity contribution in [2.24, 2.45) is 0 Å². The normalized spacial score (nSPS) is 14.1. The van der Waals surface area contributed by atoms with E-state index in [1.54, 1.807) is 27.9 Å². The van der Waals surface area contributed by atoms with Gasteiger partial charge in [0.15, 0.2) is 0 Å². The van der Waals surface area contributed by atoms with Crippen LogP contribution >= 0.6 is 0 Å². The van der Waals surface area contributed by atoms with Crippen LogP contribution in [0.15, 0.2) is 11.6 Å². The van der Waals surface area contributed by atoms with Gasteiger partial charge in [-0.25, -0.2) is 4.79 Å². The minimum Gasteiger partial charge on any atom is -0.450 e. The van der Waals surface area contributed by atoms with E-state index < -0.39 is 11.7 Å². The van der Waals surface area contributed by atoms with Crippen molar-refractivity contribution in [3.63, 3.8) is 0 Å². The minimum atomic E-state index is -0.992. The second kappa shape index (κ2) is 8.93. The van der Waals surface area contributed by atoms with Crippen molar-refractivity contribution in [1.82, 2.24) is 5.32 Å². The van der Waals surface area contributed by atoms with Crippen LogP contribution in [0.3, 0.4) is 0 Å². The lowest BCUT2D eigenvalue weighted by atomic mass is 9.93. The molecule has 0 bridgehead atoms. The first-order chi connectivity index (χ1) is 8.81. The second-order valence-electron chi connectivity index (χ2n) is 5.12. The first-order valence-corrected chi connectivity index (χ1v) is 6.61. The molecule has 0 aliphatic rings. The molecular formula is C14H27NO4. The van der Waals surface area contributed by atoms with Crippen LogP contribution in [0.25, 0.3) is 0 Å². The molecule has 1 atom stereocenters. The van der Waals surface area contributed by atoms with Gasteiger partial charge in [-0.15, -0.1) is 0 Å². The molecule has 0 rings (SSSR count). The first kappa shape index (κ1) is 17.9. The fourth-order valence-electron chi connectivity index (χ4n) is 1.62. The molecule has 0 aromatic heterocycles. The number of alkyl carbamates (subject to hydrolysis) is 1. The summed E-state index contributed by atoms with van der Waals surface area (Å²) in [5, 5.41) is 12.8. The van der Waals surface area contributed by atoms with Crippen LogP contribution in [0.5, 0.6) is 0 Å². The van der Waals surface area contributed by atoms with Crippen molar-refractivity contribution < 1.29 is 19.4 Å². The van der Waals surface area contributed by atoms with Gasteiger partial charge in [-0.1, -0.05) is 11.6 Å². The number of hydrogen-bond donors (Lipinski definition) is 2. The Hall–Kier alpha value is -1.07. The summed E-state index contributed by atoms with van der Waals surface area (Å²) in [6.07, 6.45) is 2.93. The Morgan fingerprint density at radius 1 is 1.47 bits per heavy atom. The Labute approximate surface area is 116 Å². The molecule has 0 aromatic rings. The van der Waals surface area contributed by atoms with Gasteiger partial charge >= 0.3 is 6.09 Å². The van der Waals surface area contributed by atoms with Gasteiger partial charge in [0, 0.05) is 7.11 Å². The molecule has 0 aromatic carbocycles. The quantitative estimate of drug-likeness (QED) is 0.666. The standard InChI is InChI=1S/C14H27NO4/c1-6-19-13(16)15-12(14(3,4)17)8-7-11(2)9-10-18-5/h9,12,17H,6-8,10H2,1-5H3,(H,15,16)/b11-9-. The fourth-order valence-corrected chi connectivity index (χ4v) is 1.62. The number of carbonyl (C=O) groups is 1. The Kier molecular flexibility index (Phi) is 8.43. The number of hydrogen-bond acceptors (Lipinski definition) is 4. The molecule has 0 fully saturated rings. The average Bonchev–Trinajstić information content (AvgIpc) is 2.30. The lowest BCUT2D eigenvalue weighted by Gasteiger charge is -2.30. The zero-order valence-corrected chi connectivity index (χ0v) is 12.7. The third-order valence-corrected chi connectivity index (χ3v) is 2.85. The second-order valence-corrected chi connectivity index (χ2v) is 5.12. The van der Waals surface area contributed by atoms with E-state index in [2.05, 4.69) is 5.32 Å². The summed E-state index contributed by atoms with van der Waals surface area (Å²) in [6.45, 7) is 8.00. The van der Waals surface area contributed by atoms with Crippen molar-refractivity contribution in [2.45, 2.75) is 52.2 Å². The largest absolute Gasteiger partial charge is 0.450 e.